The Hall–Kier alpha value is -1.99. The molecule has 0 aromatic carbocycles. The van der Waals surface area contributed by atoms with Gasteiger partial charge in [0.15, 0.2) is 0 Å². The lowest BCUT2D eigenvalue weighted by Crippen LogP contribution is -2.59. The number of amides is 3. The molecule has 1 fully saturated rings. The van der Waals surface area contributed by atoms with Crippen LogP contribution in [0.15, 0.2) is 0 Å². The van der Waals surface area contributed by atoms with E-state index in [0.717, 1.165) is 0 Å². The first-order valence-corrected chi connectivity index (χ1v) is 7.29. The standard InChI is InChI=1S/C14H25N3O5/c1-9(2)11(12(18)22-5)15(4)13(19)16-6-7-17(14(20)21)10(3)8-16/h9-11H,6-8H2,1-5H3,(H,20,21)/t10-,11?/m1/s1. The second kappa shape index (κ2) is 7.33. The minimum absolute atomic E-state index is 0.0841. The molecule has 0 aromatic heterocycles. The number of carbonyl (C=O) groups is 3. The van der Waals surface area contributed by atoms with E-state index in [-0.39, 0.29) is 24.5 Å². The van der Waals surface area contributed by atoms with Crippen LogP contribution < -0.4 is 0 Å². The molecule has 0 saturated carbocycles. The highest BCUT2D eigenvalue weighted by atomic mass is 16.5. The zero-order valence-electron chi connectivity index (χ0n) is 13.8. The van der Waals surface area contributed by atoms with Crippen molar-refractivity contribution in [1.82, 2.24) is 14.7 Å². The average Bonchev–Trinajstić information content (AvgIpc) is 2.45. The third-order valence-electron chi connectivity index (χ3n) is 3.94. The first-order chi connectivity index (χ1) is 10.2. The quantitative estimate of drug-likeness (QED) is 0.782. The Morgan fingerprint density at radius 1 is 1.27 bits per heavy atom. The number of hydrogen-bond acceptors (Lipinski definition) is 4. The molecule has 126 valence electrons. The Balaban J connectivity index is 2.79. The van der Waals surface area contributed by atoms with Crippen LogP contribution in [-0.4, -0.2) is 83.8 Å². The van der Waals surface area contributed by atoms with E-state index in [9.17, 15) is 14.4 Å². The molecule has 1 heterocycles. The van der Waals surface area contributed by atoms with Gasteiger partial charge in [-0.2, -0.15) is 0 Å². The number of piperazine rings is 1. The minimum Gasteiger partial charge on any atom is -0.467 e. The van der Waals surface area contributed by atoms with Crippen LogP contribution in [0.25, 0.3) is 0 Å². The lowest BCUT2D eigenvalue weighted by molar-refractivity contribution is -0.147. The Labute approximate surface area is 130 Å². The summed E-state index contributed by atoms with van der Waals surface area (Å²) < 4.78 is 4.76. The topological polar surface area (TPSA) is 90.4 Å². The van der Waals surface area contributed by atoms with E-state index in [0.29, 0.717) is 13.1 Å². The van der Waals surface area contributed by atoms with Crippen LogP contribution in [0, 0.1) is 5.92 Å². The monoisotopic (exact) mass is 315 g/mol. The van der Waals surface area contributed by atoms with E-state index in [1.54, 1.807) is 18.9 Å². The molecule has 1 saturated heterocycles. The Morgan fingerprint density at radius 3 is 2.27 bits per heavy atom. The fourth-order valence-electron chi connectivity index (χ4n) is 2.76. The molecule has 0 bridgehead atoms. The molecule has 8 heteroatoms. The van der Waals surface area contributed by atoms with Crippen molar-refractivity contribution in [3.8, 4) is 0 Å². The maximum absolute atomic E-state index is 12.6. The summed E-state index contributed by atoms with van der Waals surface area (Å²) in [6.07, 6.45) is -0.984. The number of methoxy groups -OCH3 is 1. The molecule has 1 aliphatic rings. The van der Waals surface area contributed by atoms with Gasteiger partial charge >= 0.3 is 18.1 Å². The van der Waals surface area contributed by atoms with Gasteiger partial charge in [0.25, 0.3) is 0 Å². The molecule has 22 heavy (non-hydrogen) atoms. The van der Waals surface area contributed by atoms with E-state index < -0.39 is 18.1 Å². The number of urea groups is 1. The molecule has 1 N–H and O–H groups in total. The second-order valence-electron chi connectivity index (χ2n) is 5.88. The molecule has 2 atom stereocenters. The van der Waals surface area contributed by atoms with Gasteiger partial charge in [-0.3, -0.25) is 0 Å². The summed E-state index contributed by atoms with van der Waals surface area (Å²) in [6, 6.07) is -1.23. The SMILES string of the molecule is COC(=O)C(C(C)C)N(C)C(=O)N1CCN(C(=O)O)[C@H](C)C1. The molecule has 0 aliphatic carbocycles. The molecular formula is C14H25N3O5. The molecule has 3 amide bonds. The van der Waals surface area contributed by atoms with Crippen molar-refractivity contribution in [2.75, 3.05) is 33.8 Å². The van der Waals surface area contributed by atoms with Gasteiger partial charge in [0.1, 0.15) is 6.04 Å². The van der Waals surface area contributed by atoms with Crippen molar-refractivity contribution in [3.63, 3.8) is 0 Å². The predicted molar refractivity (Wildman–Crippen MR) is 79.6 cm³/mol. The highest BCUT2D eigenvalue weighted by molar-refractivity contribution is 5.84. The van der Waals surface area contributed by atoms with Crippen LogP contribution in [-0.2, 0) is 9.53 Å². The Morgan fingerprint density at radius 2 is 1.86 bits per heavy atom. The van der Waals surface area contributed by atoms with Crippen LogP contribution in [0.2, 0.25) is 0 Å². The normalized spacial score (nSPS) is 19.8. The largest absolute Gasteiger partial charge is 0.467 e. The van der Waals surface area contributed by atoms with Gasteiger partial charge in [-0.25, -0.2) is 14.4 Å². The molecule has 0 spiro atoms. The fourth-order valence-corrected chi connectivity index (χ4v) is 2.76. The van der Waals surface area contributed by atoms with Crippen LogP contribution in [0.3, 0.4) is 0 Å². The second-order valence-corrected chi connectivity index (χ2v) is 5.88. The highest BCUT2D eigenvalue weighted by Gasteiger charge is 2.36. The number of ether oxygens (including phenoxy) is 1. The lowest BCUT2D eigenvalue weighted by atomic mass is 10.0. The maximum Gasteiger partial charge on any atom is 0.407 e. The fraction of sp³-hybridized carbons (Fsp3) is 0.786. The molecule has 0 aromatic rings. The van der Waals surface area contributed by atoms with Gasteiger partial charge in [0.05, 0.1) is 7.11 Å². The molecule has 1 unspecified atom stereocenters. The van der Waals surface area contributed by atoms with Crippen LogP contribution in [0.5, 0.6) is 0 Å². The summed E-state index contributed by atoms with van der Waals surface area (Å²) in [5.41, 5.74) is 0. The highest BCUT2D eigenvalue weighted by Crippen LogP contribution is 2.16. The number of hydrogen-bond donors (Lipinski definition) is 1. The Kier molecular flexibility index (Phi) is 6.01. The number of carbonyl (C=O) groups excluding carboxylic acids is 2. The third-order valence-corrected chi connectivity index (χ3v) is 3.94. The zero-order valence-corrected chi connectivity index (χ0v) is 13.8. The van der Waals surface area contributed by atoms with Crippen LogP contribution in [0.4, 0.5) is 9.59 Å². The predicted octanol–water partition coefficient (Wildman–Crippen LogP) is 0.920. The first kappa shape index (κ1) is 18.1. The van der Waals surface area contributed by atoms with Crippen molar-refractivity contribution >= 4 is 18.1 Å². The number of nitrogens with zero attached hydrogens (tertiary/aromatic N) is 3. The molecular weight excluding hydrogens is 290 g/mol. The van der Waals surface area contributed by atoms with E-state index in [1.807, 2.05) is 13.8 Å². The number of carboxylic acid groups (broad SMARTS) is 1. The minimum atomic E-state index is -0.984. The summed E-state index contributed by atoms with van der Waals surface area (Å²) in [7, 11) is 2.86. The van der Waals surface area contributed by atoms with Gasteiger partial charge in [0, 0.05) is 32.7 Å². The third kappa shape index (κ3) is 3.80. The summed E-state index contributed by atoms with van der Waals surface area (Å²) in [6.45, 7) is 6.33. The number of likely N-dealkylation sites (N-methyl/N-ethyl adjacent to an activating group) is 1. The van der Waals surface area contributed by atoms with E-state index in [2.05, 4.69) is 0 Å². The van der Waals surface area contributed by atoms with Crippen LogP contribution in [0.1, 0.15) is 20.8 Å². The van der Waals surface area contributed by atoms with Gasteiger partial charge in [-0.1, -0.05) is 13.8 Å². The number of rotatable bonds is 3. The van der Waals surface area contributed by atoms with Crippen molar-refractivity contribution in [1.29, 1.82) is 0 Å². The van der Waals surface area contributed by atoms with E-state index >= 15 is 0 Å². The summed E-state index contributed by atoms with van der Waals surface area (Å²) in [4.78, 5) is 39.7. The lowest BCUT2D eigenvalue weighted by Gasteiger charge is -2.41. The average molecular weight is 315 g/mol. The van der Waals surface area contributed by atoms with E-state index in [4.69, 9.17) is 9.84 Å². The van der Waals surface area contributed by atoms with Crippen molar-refractivity contribution < 1.29 is 24.2 Å². The van der Waals surface area contributed by atoms with E-state index in [1.165, 1.54) is 16.9 Å². The van der Waals surface area contributed by atoms with Crippen molar-refractivity contribution in [3.05, 3.63) is 0 Å². The molecule has 0 radical (unpaired) electrons. The van der Waals surface area contributed by atoms with Crippen molar-refractivity contribution in [2.24, 2.45) is 5.92 Å². The van der Waals surface area contributed by atoms with Gasteiger partial charge in [-0.05, 0) is 12.8 Å². The smallest absolute Gasteiger partial charge is 0.407 e. The number of esters is 1. The van der Waals surface area contributed by atoms with Gasteiger partial charge < -0.3 is 24.5 Å². The zero-order chi connectivity index (χ0) is 17.0. The molecule has 8 nitrogen and oxygen atoms in total. The first-order valence-electron chi connectivity index (χ1n) is 7.29. The van der Waals surface area contributed by atoms with Gasteiger partial charge in [0.2, 0.25) is 0 Å². The summed E-state index contributed by atoms with van der Waals surface area (Å²) in [5, 5.41) is 9.06. The molecule has 1 rings (SSSR count). The van der Waals surface area contributed by atoms with Gasteiger partial charge in [-0.15, -0.1) is 0 Å². The summed E-state index contributed by atoms with van der Waals surface area (Å²) >= 11 is 0. The Bertz CT molecular complexity index is 440. The maximum atomic E-state index is 12.6. The van der Waals surface area contributed by atoms with Crippen LogP contribution >= 0.6 is 0 Å². The molecule has 1 aliphatic heterocycles. The van der Waals surface area contributed by atoms with Crippen molar-refractivity contribution in [2.45, 2.75) is 32.9 Å². The summed E-state index contributed by atoms with van der Waals surface area (Å²) in [5.74, 6) is -0.540.